The maximum atomic E-state index is 13.3. The molecule has 1 heterocycles. The van der Waals surface area contributed by atoms with E-state index in [0.717, 1.165) is 12.1 Å². The first-order valence-corrected chi connectivity index (χ1v) is 6.02. The number of carbonyl (C=O) groups excluding carboxylic acids is 1. The highest BCUT2D eigenvalue weighted by Gasteiger charge is 2.28. The Kier molecular flexibility index (Phi) is 2.89. The summed E-state index contributed by atoms with van der Waals surface area (Å²) in [6.07, 6.45) is -0.644. The van der Waals surface area contributed by atoms with Crippen molar-refractivity contribution in [3.05, 3.63) is 59.2 Å². The molecule has 1 aliphatic rings. The van der Waals surface area contributed by atoms with Gasteiger partial charge in [-0.1, -0.05) is 6.07 Å². The van der Waals surface area contributed by atoms with E-state index in [4.69, 9.17) is 9.84 Å². The number of fused-ring (bicyclic) bond motifs is 1. The third-order valence-electron chi connectivity index (χ3n) is 3.23. The van der Waals surface area contributed by atoms with Crippen LogP contribution in [0.2, 0.25) is 0 Å². The third-order valence-corrected chi connectivity index (χ3v) is 3.23. The molecule has 1 unspecified atom stereocenters. The molecule has 0 fully saturated rings. The summed E-state index contributed by atoms with van der Waals surface area (Å²) in [4.78, 5) is 12.0. The van der Waals surface area contributed by atoms with Crippen LogP contribution >= 0.6 is 0 Å². The van der Waals surface area contributed by atoms with Gasteiger partial charge in [-0.25, -0.2) is 8.78 Å². The second kappa shape index (κ2) is 4.59. The van der Waals surface area contributed by atoms with Crippen LogP contribution in [0.15, 0.2) is 36.4 Å². The number of phenols is 1. The van der Waals surface area contributed by atoms with Crippen LogP contribution in [0.25, 0.3) is 0 Å². The van der Waals surface area contributed by atoms with Crippen molar-refractivity contribution in [3.63, 3.8) is 0 Å². The fourth-order valence-corrected chi connectivity index (χ4v) is 2.21. The zero-order valence-corrected chi connectivity index (χ0v) is 10.3. The van der Waals surface area contributed by atoms with Gasteiger partial charge in [0.15, 0.2) is 17.3 Å². The van der Waals surface area contributed by atoms with Crippen LogP contribution in [-0.2, 0) is 0 Å². The van der Waals surface area contributed by atoms with Gasteiger partial charge in [0, 0.05) is 6.07 Å². The second-order valence-electron chi connectivity index (χ2n) is 4.59. The SMILES string of the molecule is O=C1CC(c2ccc(O)c(F)c2)Oc2cc(F)ccc21. The van der Waals surface area contributed by atoms with Crippen LogP contribution in [0.4, 0.5) is 8.78 Å². The molecule has 102 valence electrons. The molecule has 1 atom stereocenters. The average molecular weight is 276 g/mol. The van der Waals surface area contributed by atoms with E-state index in [-0.39, 0.29) is 18.0 Å². The number of ketones is 1. The minimum atomic E-state index is -0.788. The van der Waals surface area contributed by atoms with Gasteiger partial charge in [0.1, 0.15) is 17.7 Å². The first-order valence-electron chi connectivity index (χ1n) is 6.02. The number of benzene rings is 2. The molecule has 0 radical (unpaired) electrons. The lowest BCUT2D eigenvalue weighted by Crippen LogP contribution is -2.20. The smallest absolute Gasteiger partial charge is 0.170 e. The van der Waals surface area contributed by atoms with E-state index in [9.17, 15) is 13.6 Å². The van der Waals surface area contributed by atoms with Crippen molar-refractivity contribution in [3.8, 4) is 11.5 Å². The Bertz CT molecular complexity index is 698. The fourth-order valence-electron chi connectivity index (χ4n) is 2.21. The molecular formula is C15H10F2O3. The molecule has 0 aliphatic carbocycles. The summed E-state index contributed by atoms with van der Waals surface area (Å²) in [6.45, 7) is 0. The predicted molar refractivity (Wildman–Crippen MR) is 66.8 cm³/mol. The monoisotopic (exact) mass is 276 g/mol. The van der Waals surface area contributed by atoms with E-state index in [1.54, 1.807) is 0 Å². The van der Waals surface area contributed by atoms with Crippen LogP contribution in [0.3, 0.4) is 0 Å². The molecule has 0 aromatic heterocycles. The van der Waals surface area contributed by atoms with E-state index in [1.165, 1.54) is 24.3 Å². The van der Waals surface area contributed by atoms with E-state index < -0.39 is 23.5 Å². The van der Waals surface area contributed by atoms with E-state index in [0.29, 0.717) is 11.1 Å². The Labute approximate surface area is 113 Å². The van der Waals surface area contributed by atoms with Crippen molar-refractivity contribution in [2.75, 3.05) is 0 Å². The number of Topliss-reactive ketones (excluding diaryl/α,β-unsaturated/α-hetero) is 1. The lowest BCUT2D eigenvalue weighted by Gasteiger charge is -2.25. The molecule has 0 amide bonds. The van der Waals surface area contributed by atoms with Gasteiger partial charge in [0.2, 0.25) is 0 Å². The third kappa shape index (κ3) is 2.11. The van der Waals surface area contributed by atoms with Gasteiger partial charge < -0.3 is 9.84 Å². The highest BCUT2D eigenvalue weighted by atomic mass is 19.1. The van der Waals surface area contributed by atoms with Gasteiger partial charge in [0.05, 0.1) is 12.0 Å². The molecule has 0 saturated carbocycles. The van der Waals surface area contributed by atoms with Gasteiger partial charge in [-0.15, -0.1) is 0 Å². The zero-order valence-electron chi connectivity index (χ0n) is 10.3. The Balaban J connectivity index is 1.98. The molecule has 1 N–H and O–H groups in total. The van der Waals surface area contributed by atoms with Crippen molar-refractivity contribution in [2.45, 2.75) is 12.5 Å². The number of ether oxygens (including phenoxy) is 1. The first-order chi connectivity index (χ1) is 9.54. The summed E-state index contributed by atoms with van der Waals surface area (Å²) in [7, 11) is 0. The van der Waals surface area contributed by atoms with Crippen molar-refractivity contribution in [1.29, 1.82) is 0 Å². The molecule has 2 aromatic carbocycles. The zero-order chi connectivity index (χ0) is 14.3. The standard InChI is InChI=1S/C15H10F2O3/c16-9-2-3-10-13(19)7-14(20-15(10)6-9)8-1-4-12(18)11(17)5-8/h1-6,14,18H,7H2. The summed E-state index contributed by atoms with van der Waals surface area (Å²) in [6, 6.07) is 7.48. The molecule has 1 aliphatic heterocycles. The van der Waals surface area contributed by atoms with E-state index >= 15 is 0 Å². The van der Waals surface area contributed by atoms with Crippen LogP contribution in [0.1, 0.15) is 28.4 Å². The Morgan fingerprint density at radius 3 is 2.70 bits per heavy atom. The molecule has 3 rings (SSSR count). The van der Waals surface area contributed by atoms with Crippen molar-refractivity contribution < 1.29 is 23.4 Å². The van der Waals surface area contributed by atoms with Crippen LogP contribution in [0, 0.1) is 11.6 Å². The lowest BCUT2D eigenvalue weighted by atomic mass is 9.96. The number of hydrogen-bond donors (Lipinski definition) is 1. The molecule has 20 heavy (non-hydrogen) atoms. The minimum Gasteiger partial charge on any atom is -0.505 e. The normalized spacial score (nSPS) is 17.5. The Morgan fingerprint density at radius 2 is 1.95 bits per heavy atom. The second-order valence-corrected chi connectivity index (χ2v) is 4.59. The van der Waals surface area contributed by atoms with Crippen molar-refractivity contribution in [2.24, 2.45) is 0 Å². The largest absolute Gasteiger partial charge is 0.505 e. The average Bonchev–Trinajstić information content (AvgIpc) is 2.41. The summed E-state index contributed by atoms with van der Waals surface area (Å²) in [5, 5.41) is 9.16. The topological polar surface area (TPSA) is 46.5 Å². The molecule has 0 bridgehead atoms. The first kappa shape index (κ1) is 12.6. The van der Waals surface area contributed by atoms with Gasteiger partial charge >= 0.3 is 0 Å². The maximum Gasteiger partial charge on any atom is 0.170 e. The van der Waals surface area contributed by atoms with Gasteiger partial charge in [0.25, 0.3) is 0 Å². The lowest BCUT2D eigenvalue weighted by molar-refractivity contribution is 0.0849. The summed E-state index contributed by atoms with van der Waals surface area (Å²) in [5.74, 6) is -1.80. The molecule has 2 aromatic rings. The molecule has 0 spiro atoms. The van der Waals surface area contributed by atoms with Crippen molar-refractivity contribution >= 4 is 5.78 Å². The molecule has 3 nitrogen and oxygen atoms in total. The quantitative estimate of drug-likeness (QED) is 0.868. The Hall–Kier alpha value is -2.43. The predicted octanol–water partition coefficient (Wildman–Crippen LogP) is 3.38. The summed E-state index contributed by atoms with van der Waals surface area (Å²) in [5.41, 5.74) is 0.741. The summed E-state index contributed by atoms with van der Waals surface area (Å²) >= 11 is 0. The number of hydrogen-bond acceptors (Lipinski definition) is 3. The van der Waals surface area contributed by atoms with Crippen molar-refractivity contribution in [1.82, 2.24) is 0 Å². The van der Waals surface area contributed by atoms with Crippen LogP contribution in [-0.4, -0.2) is 10.9 Å². The Morgan fingerprint density at radius 1 is 1.15 bits per heavy atom. The highest BCUT2D eigenvalue weighted by Crippen LogP contribution is 2.36. The van der Waals surface area contributed by atoms with Gasteiger partial charge in [-0.2, -0.15) is 0 Å². The fraction of sp³-hybridized carbons (Fsp3) is 0.133. The van der Waals surface area contributed by atoms with E-state index in [2.05, 4.69) is 0 Å². The number of phenolic OH excluding ortho intramolecular Hbond substituents is 1. The molecule has 0 saturated heterocycles. The van der Waals surface area contributed by atoms with E-state index in [1.807, 2.05) is 0 Å². The van der Waals surface area contributed by atoms with Gasteiger partial charge in [-0.3, -0.25) is 4.79 Å². The van der Waals surface area contributed by atoms with Crippen LogP contribution in [0.5, 0.6) is 11.5 Å². The maximum absolute atomic E-state index is 13.3. The highest BCUT2D eigenvalue weighted by molar-refractivity contribution is 6.00. The molecule has 5 heteroatoms. The number of carbonyl (C=O) groups is 1. The van der Waals surface area contributed by atoms with Crippen LogP contribution < -0.4 is 4.74 Å². The minimum absolute atomic E-state index is 0.0445. The number of halogens is 2. The molecular weight excluding hydrogens is 266 g/mol. The number of aromatic hydroxyl groups is 1. The number of rotatable bonds is 1. The van der Waals surface area contributed by atoms with Gasteiger partial charge in [-0.05, 0) is 29.8 Å². The summed E-state index contributed by atoms with van der Waals surface area (Å²) < 4.78 is 32.1.